The van der Waals surface area contributed by atoms with E-state index in [0.29, 0.717) is 12.0 Å². The third-order valence-corrected chi connectivity index (χ3v) is 3.79. The SMILES string of the molecule is Fc1cc(N2CC3CCNC3C2)cnc1Cl. The molecule has 1 aromatic rings. The van der Waals surface area contributed by atoms with E-state index in [-0.39, 0.29) is 5.15 Å². The Balaban J connectivity index is 1.81. The van der Waals surface area contributed by atoms with Crippen molar-refractivity contribution in [2.75, 3.05) is 24.5 Å². The second-order valence-corrected chi connectivity index (χ2v) is 4.84. The van der Waals surface area contributed by atoms with Gasteiger partial charge in [0.2, 0.25) is 0 Å². The quantitative estimate of drug-likeness (QED) is 0.759. The highest BCUT2D eigenvalue weighted by Crippen LogP contribution is 2.29. The van der Waals surface area contributed by atoms with Crippen LogP contribution in [-0.2, 0) is 0 Å². The largest absolute Gasteiger partial charge is 0.368 e. The van der Waals surface area contributed by atoms with Gasteiger partial charge in [-0.25, -0.2) is 9.37 Å². The maximum atomic E-state index is 13.3. The Morgan fingerprint density at radius 1 is 1.50 bits per heavy atom. The second-order valence-electron chi connectivity index (χ2n) is 4.48. The summed E-state index contributed by atoms with van der Waals surface area (Å²) in [5, 5.41) is 3.41. The predicted octanol–water partition coefficient (Wildman–Crippen LogP) is 1.67. The number of hydrogen-bond donors (Lipinski definition) is 1. The molecule has 1 N–H and O–H groups in total. The molecule has 2 unspecified atom stereocenters. The summed E-state index contributed by atoms with van der Waals surface area (Å²) < 4.78 is 13.3. The van der Waals surface area contributed by atoms with E-state index in [1.807, 2.05) is 0 Å². The lowest BCUT2D eigenvalue weighted by Gasteiger charge is -2.19. The first kappa shape index (κ1) is 10.3. The molecule has 3 rings (SSSR count). The van der Waals surface area contributed by atoms with Gasteiger partial charge in [0, 0.05) is 25.2 Å². The second kappa shape index (κ2) is 3.86. The number of rotatable bonds is 1. The molecule has 0 aromatic carbocycles. The summed E-state index contributed by atoms with van der Waals surface area (Å²) in [6, 6.07) is 2.02. The Morgan fingerprint density at radius 2 is 2.38 bits per heavy atom. The molecule has 0 aliphatic carbocycles. The van der Waals surface area contributed by atoms with Crippen molar-refractivity contribution in [3.8, 4) is 0 Å². The number of hydrogen-bond acceptors (Lipinski definition) is 3. The molecule has 0 spiro atoms. The lowest BCUT2D eigenvalue weighted by atomic mass is 10.1. The van der Waals surface area contributed by atoms with Gasteiger partial charge in [-0.1, -0.05) is 11.6 Å². The Bertz CT molecular complexity index is 400. The molecule has 2 saturated heterocycles. The molecule has 16 heavy (non-hydrogen) atoms. The van der Waals surface area contributed by atoms with Crippen molar-refractivity contribution in [2.45, 2.75) is 12.5 Å². The van der Waals surface area contributed by atoms with Crippen LogP contribution < -0.4 is 10.2 Å². The molecule has 86 valence electrons. The third kappa shape index (κ3) is 1.66. The standard InChI is InChI=1S/C11H13ClFN3/c12-11-9(13)3-8(4-15-11)16-5-7-1-2-14-10(7)6-16/h3-4,7,10,14H,1-2,5-6H2. The van der Waals surface area contributed by atoms with Crippen LogP contribution in [0.3, 0.4) is 0 Å². The number of aromatic nitrogens is 1. The van der Waals surface area contributed by atoms with Gasteiger partial charge in [-0.3, -0.25) is 0 Å². The average molecular weight is 242 g/mol. The summed E-state index contributed by atoms with van der Waals surface area (Å²) >= 11 is 5.57. The van der Waals surface area contributed by atoms with E-state index in [4.69, 9.17) is 11.6 Å². The van der Waals surface area contributed by atoms with Crippen LogP contribution in [0.1, 0.15) is 6.42 Å². The summed E-state index contributed by atoms with van der Waals surface area (Å²) in [6.45, 7) is 3.03. The van der Waals surface area contributed by atoms with Gasteiger partial charge in [0.1, 0.15) is 0 Å². The first-order chi connectivity index (χ1) is 7.74. The van der Waals surface area contributed by atoms with E-state index < -0.39 is 5.82 Å². The number of nitrogens with zero attached hydrogens (tertiary/aromatic N) is 2. The van der Waals surface area contributed by atoms with Crippen molar-refractivity contribution in [2.24, 2.45) is 5.92 Å². The smallest absolute Gasteiger partial charge is 0.164 e. The van der Waals surface area contributed by atoms with Crippen LogP contribution >= 0.6 is 11.6 Å². The molecule has 2 atom stereocenters. The van der Waals surface area contributed by atoms with Gasteiger partial charge < -0.3 is 10.2 Å². The first-order valence-corrected chi connectivity index (χ1v) is 5.91. The van der Waals surface area contributed by atoms with Gasteiger partial charge in [-0.05, 0) is 18.9 Å². The maximum Gasteiger partial charge on any atom is 0.164 e. The summed E-state index contributed by atoms with van der Waals surface area (Å²) in [5.41, 5.74) is 0.832. The summed E-state index contributed by atoms with van der Waals surface area (Å²) in [5.74, 6) is 0.253. The lowest BCUT2D eigenvalue weighted by Crippen LogP contribution is -2.30. The Hall–Kier alpha value is -0.870. The normalized spacial score (nSPS) is 28.5. The molecule has 3 heterocycles. The molecule has 2 fully saturated rings. The molecule has 0 radical (unpaired) electrons. The van der Waals surface area contributed by atoms with Gasteiger partial charge in [-0.2, -0.15) is 0 Å². The van der Waals surface area contributed by atoms with Crippen molar-refractivity contribution in [1.29, 1.82) is 0 Å². The van der Waals surface area contributed by atoms with Crippen LogP contribution in [0.5, 0.6) is 0 Å². The number of anilines is 1. The minimum Gasteiger partial charge on any atom is -0.368 e. The monoisotopic (exact) mass is 241 g/mol. The average Bonchev–Trinajstić information content (AvgIpc) is 2.81. The van der Waals surface area contributed by atoms with Crippen molar-refractivity contribution in [3.05, 3.63) is 23.2 Å². The van der Waals surface area contributed by atoms with Crippen LogP contribution in [0, 0.1) is 11.7 Å². The third-order valence-electron chi connectivity index (χ3n) is 3.51. The van der Waals surface area contributed by atoms with Crippen LogP contribution in [-0.4, -0.2) is 30.7 Å². The van der Waals surface area contributed by atoms with Gasteiger partial charge in [0.15, 0.2) is 11.0 Å². The summed E-state index contributed by atoms with van der Waals surface area (Å²) in [7, 11) is 0. The Morgan fingerprint density at radius 3 is 3.12 bits per heavy atom. The molecule has 0 saturated carbocycles. The highest BCUT2D eigenvalue weighted by Gasteiger charge is 2.36. The number of fused-ring (bicyclic) bond motifs is 1. The number of halogens is 2. The zero-order chi connectivity index (χ0) is 11.1. The highest BCUT2D eigenvalue weighted by molar-refractivity contribution is 6.29. The minimum absolute atomic E-state index is 0.0544. The van der Waals surface area contributed by atoms with E-state index in [1.165, 1.54) is 12.5 Å². The Labute approximate surface area is 98.6 Å². The van der Waals surface area contributed by atoms with Gasteiger partial charge in [0.05, 0.1) is 11.9 Å². The van der Waals surface area contributed by atoms with Crippen LogP contribution in [0.2, 0.25) is 5.15 Å². The fourth-order valence-corrected chi connectivity index (χ4v) is 2.75. The molecular weight excluding hydrogens is 229 g/mol. The van der Waals surface area contributed by atoms with Gasteiger partial charge >= 0.3 is 0 Å². The molecule has 2 aliphatic rings. The molecular formula is C11H13ClFN3. The molecule has 3 nitrogen and oxygen atoms in total. The topological polar surface area (TPSA) is 28.2 Å². The molecule has 1 aromatic heterocycles. The summed E-state index contributed by atoms with van der Waals surface area (Å²) in [6.07, 6.45) is 2.86. The molecule has 5 heteroatoms. The van der Waals surface area contributed by atoms with E-state index in [1.54, 1.807) is 6.20 Å². The first-order valence-electron chi connectivity index (χ1n) is 5.53. The fraction of sp³-hybridized carbons (Fsp3) is 0.545. The minimum atomic E-state index is -0.441. The molecule has 0 bridgehead atoms. The predicted molar refractivity (Wildman–Crippen MR) is 61.3 cm³/mol. The van der Waals surface area contributed by atoms with Crippen molar-refractivity contribution < 1.29 is 4.39 Å². The molecule has 2 aliphatic heterocycles. The lowest BCUT2D eigenvalue weighted by molar-refractivity contribution is 0.556. The fourth-order valence-electron chi connectivity index (χ4n) is 2.64. The maximum absolute atomic E-state index is 13.3. The van der Waals surface area contributed by atoms with E-state index in [9.17, 15) is 4.39 Å². The Kier molecular flexibility index (Phi) is 2.48. The zero-order valence-electron chi connectivity index (χ0n) is 8.79. The van der Waals surface area contributed by atoms with Crippen molar-refractivity contribution in [1.82, 2.24) is 10.3 Å². The number of nitrogens with one attached hydrogen (secondary N) is 1. The van der Waals surface area contributed by atoms with Crippen LogP contribution in [0.15, 0.2) is 12.3 Å². The van der Waals surface area contributed by atoms with Crippen molar-refractivity contribution in [3.63, 3.8) is 0 Å². The molecule has 0 amide bonds. The zero-order valence-corrected chi connectivity index (χ0v) is 9.54. The van der Waals surface area contributed by atoms with E-state index in [2.05, 4.69) is 15.2 Å². The van der Waals surface area contributed by atoms with E-state index in [0.717, 1.165) is 25.3 Å². The highest BCUT2D eigenvalue weighted by atomic mass is 35.5. The van der Waals surface area contributed by atoms with Crippen LogP contribution in [0.25, 0.3) is 0 Å². The number of pyridine rings is 1. The van der Waals surface area contributed by atoms with E-state index >= 15 is 0 Å². The van der Waals surface area contributed by atoms with Crippen LogP contribution in [0.4, 0.5) is 10.1 Å². The van der Waals surface area contributed by atoms with Gasteiger partial charge in [-0.15, -0.1) is 0 Å². The summed E-state index contributed by atoms with van der Waals surface area (Å²) in [4.78, 5) is 6.02. The van der Waals surface area contributed by atoms with Gasteiger partial charge in [0.25, 0.3) is 0 Å². The van der Waals surface area contributed by atoms with Crippen molar-refractivity contribution >= 4 is 17.3 Å².